The van der Waals surface area contributed by atoms with Crippen molar-refractivity contribution in [3.05, 3.63) is 44.8 Å². The fourth-order valence-corrected chi connectivity index (χ4v) is 3.37. The van der Waals surface area contributed by atoms with Gasteiger partial charge in [-0.25, -0.2) is 4.39 Å². The maximum atomic E-state index is 12.9. The van der Waals surface area contributed by atoms with Crippen molar-refractivity contribution in [3.63, 3.8) is 0 Å². The number of nitrogens with one attached hydrogen (secondary N) is 1. The van der Waals surface area contributed by atoms with Crippen LogP contribution in [0.3, 0.4) is 0 Å². The van der Waals surface area contributed by atoms with E-state index in [1.807, 2.05) is 23.4 Å². The van der Waals surface area contributed by atoms with E-state index in [0.29, 0.717) is 12.2 Å². The zero-order valence-electron chi connectivity index (χ0n) is 11.4. The Morgan fingerprint density at radius 1 is 1.48 bits per heavy atom. The van der Waals surface area contributed by atoms with E-state index >= 15 is 0 Å². The summed E-state index contributed by atoms with van der Waals surface area (Å²) in [6.45, 7) is 0.912. The number of likely N-dealkylation sites (N-methyl/N-ethyl adjacent to an activating group) is 1. The maximum absolute atomic E-state index is 12.9. The molecule has 0 spiro atoms. The number of carbonyl (C=O) groups is 1. The number of halogens is 2. The predicted molar refractivity (Wildman–Crippen MR) is 87.8 cm³/mol. The van der Waals surface area contributed by atoms with Gasteiger partial charge in [0.15, 0.2) is 0 Å². The summed E-state index contributed by atoms with van der Waals surface area (Å²) in [5.74, 6) is -0.614. The molecule has 1 heterocycles. The Labute approximate surface area is 134 Å². The summed E-state index contributed by atoms with van der Waals surface area (Å²) in [5.41, 5.74) is 6.30. The van der Waals surface area contributed by atoms with Crippen molar-refractivity contribution in [2.24, 2.45) is 0 Å². The van der Waals surface area contributed by atoms with Crippen LogP contribution in [0.2, 0.25) is 0 Å². The van der Waals surface area contributed by atoms with Crippen LogP contribution in [0.25, 0.3) is 0 Å². The molecule has 1 aromatic carbocycles. The number of thiophene rings is 1. The van der Waals surface area contributed by atoms with E-state index in [9.17, 15) is 9.18 Å². The SMILES string of the molecule is CN(CC(=O)Nc1ccc(F)cc1N)Cc1cc(Br)cs1. The molecule has 2 aromatic rings. The second-order valence-electron chi connectivity index (χ2n) is 4.68. The summed E-state index contributed by atoms with van der Waals surface area (Å²) in [6.07, 6.45) is 0. The summed E-state index contributed by atoms with van der Waals surface area (Å²) < 4.78 is 14.0. The number of hydrogen-bond donors (Lipinski definition) is 2. The first-order chi connectivity index (χ1) is 9.94. The van der Waals surface area contributed by atoms with Crippen molar-refractivity contribution < 1.29 is 9.18 Å². The first-order valence-electron chi connectivity index (χ1n) is 6.20. The molecule has 0 radical (unpaired) electrons. The minimum absolute atomic E-state index is 0.188. The number of benzene rings is 1. The number of hydrogen-bond acceptors (Lipinski definition) is 4. The smallest absolute Gasteiger partial charge is 0.238 e. The number of carbonyl (C=O) groups excluding carboxylic acids is 1. The van der Waals surface area contributed by atoms with Crippen molar-refractivity contribution in [2.45, 2.75) is 6.54 Å². The summed E-state index contributed by atoms with van der Waals surface area (Å²) in [5, 5.41) is 4.68. The van der Waals surface area contributed by atoms with Crippen molar-refractivity contribution in [3.8, 4) is 0 Å². The molecular formula is C14H15BrFN3OS. The van der Waals surface area contributed by atoms with Crippen molar-refractivity contribution in [2.75, 3.05) is 24.6 Å². The Hall–Kier alpha value is -1.44. The molecule has 21 heavy (non-hydrogen) atoms. The second kappa shape index (κ2) is 7.02. The monoisotopic (exact) mass is 371 g/mol. The topological polar surface area (TPSA) is 58.4 Å². The highest BCUT2D eigenvalue weighted by Crippen LogP contribution is 2.21. The summed E-state index contributed by atoms with van der Waals surface area (Å²) in [4.78, 5) is 15.0. The maximum Gasteiger partial charge on any atom is 0.238 e. The van der Waals surface area contributed by atoms with Crippen molar-refractivity contribution >= 4 is 44.5 Å². The van der Waals surface area contributed by atoms with E-state index in [0.717, 1.165) is 4.47 Å². The minimum Gasteiger partial charge on any atom is -0.397 e. The van der Waals surface area contributed by atoms with Crippen LogP contribution in [0.15, 0.2) is 34.1 Å². The molecule has 0 aliphatic heterocycles. The molecule has 0 unspecified atom stereocenters. The Morgan fingerprint density at radius 3 is 2.86 bits per heavy atom. The standard InChI is InChI=1S/C14H15BrFN3OS/c1-19(6-11-4-9(15)8-21-11)7-14(20)18-13-3-2-10(16)5-12(13)17/h2-5,8H,6-7,17H2,1H3,(H,18,20). The largest absolute Gasteiger partial charge is 0.397 e. The van der Waals surface area contributed by atoms with Gasteiger partial charge in [0.2, 0.25) is 5.91 Å². The lowest BCUT2D eigenvalue weighted by Gasteiger charge is -2.15. The lowest BCUT2D eigenvalue weighted by molar-refractivity contribution is -0.117. The first-order valence-corrected chi connectivity index (χ1v) is 7.87. The van der Waals surface area contributed by atoms with E-state index in [1.165, 1.54) is 23.1 Å². The second-order valence-corrected chi connectivity index (χ2v) is 6.59. The molecule has 0 aliphatic carbocycles. The van der Waals surface area contributed by atoms with E-state index < -0.39 is 5.82 Å². The number of nitrogens with two attached hydrogens (primary N) is 1. The summed E-state index contributed by atoms with van der Waals surface area (Å²) >= 11 is 5.03. The van der Waals surface area contributed by atoms with Gasteiger partial charge in [0.1, 0.15) is 5.82 Å². The van der Waals surface area contributed by atoms with Gasteiger partial charge >= 0.3 is 0 Å². The third-order valence-electron chi connectivity index (χ3n) is 2.75. The minimum atomic E-state index is -0.425. The number of rotatable bonds is 5. The van der Waals surface area contributed by atoms with Gasteiger partial charge in [0.25, 0.3) is 0 Å². The first kappa shape index (κ1) is 15.9. The molecule has 0 atom stereocenters. The van der Waals surface area contributed by atoms with Crippen LogP contribution in [-0.2, 0) is 11.3 Å². The molecule has 4 nitrogen and oxygen atoms in total. The van der Waals surface area contributed by atoms with E-state index in [1.54, 1.807) is 11.3 Å². The number of amides is 1. The zero-order chi connectivity index (χ0) is 15.4. The van der Waals surface area contributed by atoms with Crippen molar-refractivity contribution in [1.82, 2.24) is 4.90 Å². The number of anilines is 2. The van der Waals surface area contributed by atoms with Gasteiger partial charge in [-0.05, 0) is 47.2 Å². The van der Waals surface area contributed by atoms with Crippen LogP contribution >= 0.6 is 27.3 Å². The Kier molecular flexibility index (Phi) is 5.33. The molecule has 112 valence electrons. The van der Waals surface area contributed by atoms with E-state index in [4.69, 9.17) is 5.73 Å². The molecule has 1 aromatic heterocycles. The van der Waals surface area contributed by atoms with Crippen LogP contribution in [-0.4, -0.2) is 24.4 Å². The van der Waals surface area contributed by atoms with Gasteiger partial charge in [0.05, 0.1) is 17.9 Å². The molecule has 0 saturated carbocycles. The van der Waals surface area contributed by atoms with Crippen molar-refractivity contribution in [1.29, 1.82) is 0 Å². The summed E-state index contributed by atoms with van der Waals surface area (Å²) in [7, 11) is 1.86. The Balaban J connectivity index is 1.89. The molecule has 3 N–H and O–H groups in total. The summed E-state index contributed by atoms with van der Waals surface area (Å²) in [6, 6.07) is 5.93. The van der Waals surface area contributed by atoms with Gasteiger partial charge in [-0.1, -0.05) is 0 Å². The highest BCUT2D eigenvalue weighted by atomic mass is 79.9. The average Bonchev–Trinajstić information content (AvgIpc) is 2.78. The third kappa shape index (κ3) is 4.80. The Bertz CT molecular complexity index is 647. The molecule has 2 rings (SSSR count). The fraction of sp³-hybridized carbons (Fsp3) is 0.214. The molecule has 7 heteroatoms. The van der Waals surface area contributed by atoms with Gasteiger partial charge in [-0.3, -0.25) is 9.69 Å². The van der Waals surface area contributed by atoms with Crippen LogP contribution in [0, 0.1) is 5.82 Å². The average molecular weight is 372 g/mol. The van der Waals surface area contributed by atoms with Crippen LogP contribution in [0.4, 0.5) is 15.8 Å². The lowest BCUT2D eigenvalue weighted by atomic mass is 10.2. The van der Waals surface area contributed by atoms with Crippen LogP contribution in [0.5, 0.6) is 0 Å². The third-order valence-corrected chi connectivity index (χ3v) is 4.43. The van der Waals surface area contributed by atoms with Gasteiger partial charge < -0.3 is 11.1 Å². The molecule has 0 saturated heterocycles. The van der Waals surface area contributed by atoms with Gasteiger partial charge in [-0.2, -0.15) is 0 Å². The molecule has 0 aliphatic rings. The number of nitrogens with zero attached hydrogens (tertiary/aromatic N) is 1. The van der Waals surface area contributed by atoms with E-state index in [2.05, 4.69) is 21.2 Å². The van der Waals surface area contributed by atoms with Gasteiger partial charge in [-0.15, -0.1) is 11.3 Å². The lowest BCUT2D eigenvalue weighted by Crippen LogP contribution is -2.29. The van der Waals surface area contributed by atoms with Crippen LogP contribution < -0.4 is 11.1 Å². The van der Waals surface area contributed by atoms with Crippen LogP contribution in [0.1, 0.15) is 4.88 Å². The zero-order valence-corrected chi connectivity index (χ0v) is 13.8. The quantitative estimate of drug-likeness (QED) is 0.792. The number of nitrogen functional groups attached to an aromatic ring is 1. The van der Waals surface area contributed by atoms with Gasteiger partial charge in [0, 0.05) is 21.3 Å². The highest BCUT2D eigenvalue weighted by molar-refractivity contribution is 9.10. The Morgan fingerprint density at radius 2 is 2.24 bits per heavy atom. The normalized spacial score (nSPS) is 10.9. The fourth-order valence-electron chi connectivity index (χ4n) is 1.84. The predicted octanol–water partition coefficient (Wildman–Crippen LogP) is 3.30. The molecular weight excluding hydrogens is 357 g/mol. The molecule has 0 bridgehead atoms. The molecule has 1 amide bonds. The van der Waals surface area contributed by atoms with E-state index in [-0.39, 0.29) is 18.1 Å². The molecule has 0 fully saturated rings. The highest BCUT2D eigenvalue weighted by Gasteiger charge is 2.10.